The molecule has 0 radical (unpaired) electrons. The summed E-state index contributed by atoms with van der Waals surface area (Å²) in [4.78, 5) is 6.40. The lowest BCUT2D eigenvalue weighted by atomic mass is 10.1. The van der Waals surface area contributed by atoms with E-state index in [9.17, 15) is 0 Å². The molecule has 0 aromatic carbocycles. The maximum Gasteiger partial charge on any atom is 0.128 e. The highest BCUT2D eigenvalue weighted by Gasteiger charge is 2.08. The molecule has 0 aliphatic heterocycles. The van der Waals surface area contributed by atoms with Crippen molar-refractivity contribution in [1.29, 1.82) is 0 Å². The topological polar surface area (TPSA) is 55.3 Å². The van der Waals surface area contributed by atoms with Crippen molar-refractivity contribution in [3.05, 3.63) is 47.5 Å². The van der Waals surface area contributed by atoms with E-state index in [2.05, 4.69) is 4.98 Å². The van der Waals surface area contributed by atoms with Gasteiger partial charge in [0.2, 0.25) is 0 Å². The Labute approximate surface area is 107 Å². The van der Waals surface area contributed by atoms with Crippen LogP contribution in [0.4, 0.5) is 5.82 Å². The van der Waals surface area contributed by atoms with E-state index >= 15 is 0 Å². The largest absolute Gasteiger partial charge is 0.464 e. The molecule has 0 fully saturated rings. The van der Waals surface area contributed by atoms with Crippen molar-refractivity contribution in [3.8, 4) is 0 Å². The number of nitrogens with zero attached hydrogens (tertiary/aromatic N) is 2. The van der Waals surface area contributed by atoms with Gasteiger partial charge in [-0.1, -0.05) is 0 Å². The van der Waals surface area contributed by atoms with Gasteiger partial charge in [-0.15, -0.1) is 0 Å². The summed E-state index contributed by atoms with van der Waals surface area (Å²) in [5.41, 5.74) is 6.96. The quantitative estimate of drug-likeness (QED) is 0.899. The van der Waals surface area contributed by atoms with Gasteiger partial charge < -0.3 is 15.1 Å². The van der Waals surface area contributed by atoms with Crippen LogP contribution in [-0.4, -0.2) is 12.0 Å². The minimum Gasteiger partial charge on any atom is -0.464 e. The van der Waals surface area contributed by atoms with Crippen LogP contribution >= 0.6 is 0 Å². The molecule has 18 heavy (non-hydrogen) atoms. The van der Waals surface area contributed by atoms with Crippen LogP contribution in [0.25, 0.3) is 0 Å². The van der Waals surface area contributed by atoms with Gasteiger partial charge in [-0.05, 0) is 43.7 Å². The maximum absolute atomic E-state index is 5.87. The van der Waals surface area contributed by atoms with Crippen molar-refractivity contribution < 1.29 is 4.42 Å². The molecule has 4 nitrogen and oxygen atoms in total. The van der Waals surface area contributed by atoms with Gasteiger partial charge >= 0.3 is 0 Å². The van der Waals surface area contributed by atoms with E-state index in [1.807, 2.05) is 50.1 Å². The molecule has 0 aliphatic carbocycles. The standard InChI is InChI=1S/C14H19N3O/c1-10-4-5-13(18-10)9-17(3)14-8-12(11(2)15)6-7-16-14/h4-8,11H,9,15H2,1-3H3/t11-/m1/s1. The minimum absolute atomic E-state index is 0.0195. The molecule has 96 valence electrons. The molecule has 1 atom stereocenters. The zero-order valence-corrected chi connectivity index (χ0v) is 11.1. The first-order chi connectivity index (χ1) is 8.56. The predicted molar refractivity (Wildman–Crippen MR) is 72.4 cm³/mol. The molecule has 2 aromatic heterocycles. The summed E-state index contributed by atoms with van der Waals surface area (Å²) in [6.07, 6.45) is 1.79. The number of pyridine rings is 1. The van der Waals surface area contributed by atoms with E-state index in [1.54, 1.807) is 6.20 Å². The number of hydrogen-bond donors (Lipinski definition) is 1. The maximum atomic E-state index is 5.87. The molecule has 0 saturated carbocycles. The van der Waals surface area contributed by atoms with Gasteiger partial charge in [0.25, 0.3) is 0 Å². The zero-order chi connectivity index (χ0) is 13.1. The Bertz CT molecular complexity index is 519. The summed E-state index contributed by atoms with van der Waals surface area (Å²) in [6.45, 7) is 4.61. The fourth-order valence-electron chi connectivity index (χ4n) is 1.81. The summed E-state index contributed by atoms with van der Waals surface area (Å²) in [7, 11) is 1.99. The third kappa shape index (κ3) is 2.90. The Kier molecular flexibility index (Phi) is 3.67. The summed E-state index contributed by atoms with van der Waals surface area (Å²) in [5, 5.41) is 0. The number of aryl methyl sites for hydroxylation is 1. The van der Waals surface area contributed by atoms with Gasteiger partial charge in [0.1, 0.15) is 17.3 Å². The van der Waals surface area contributed by atoms with E-state index in [1.165, 1.54) is 0 Å². The van der Waals surface area contributed by atoms with E-state index in [0.29, 0.717) is 6.54 Å². The van der Waals surface area contributed by atoms with E-state index in [4.69, 9.17) is 10.2 Å². The van der Waals surface area contributed by atoms with Crippen molar-refractivity contribution >= 4 is 5.82 Å². The predicted octanol–water partition coefficient (Wildman–Crippen LogP) is 2.64. The highest BCUT2D eigenvalue weighted by Crippen LogP contribution is 2.18. The average molecular weight is 245 g/mol. The number of anilines is 1. The summed E-state index contributed by atoms with van der Waals surface area (Å²) < 4.78 is 5.56. The number of rotatable bonds is 4. The van der Waals surface area contributed by atoms with Gasteiger partial charge in [-0.25, -0.2) is 4.98 Å². The van der Waals surface area contributed by atoms with Crippen LogP contribution in [0.15, 0.2) is 34.9 Å². The van der Waals surface area contributed by atoms with Crippen molar-refractivity contribution in [2.45, 2.75) is 26.4 Å². The Morgan fingerprint density at radius 1 is 1.39 bits per heavy atom. The third-order valence-corrected chi connectivity index (χ3v) is 2.88. The van der Waals surface area contributed by atoms with Crippen LogP contribution in [0.3, 0.4) is 0 Å². The van der Waals surface area contributed by atoms with E-state index in [-0.39, 0.29) is 6.04 Å². The van der Waals surface area contributed by atoms with Crippen LogP contribution < -0.4 is 10.6 Å². The summed E-state index contributed by atoms with van der Waals surface area (Å²) in [5.74, 6) is 2.76. The molecule has 2 rings (SSSR count). The molecule has 0 aliphatic rings. The molecule has 0 saturated heterocycles. The van der Waals surface area contributed by atoms with Crippen molar-refractivity contribution in [2.75, 3.05) is 11.9 Å². The second kappa shape index (κ2) is 5.23. The molecule has 0 spiro atoms. The molecule has 4 heteroatoms. The van der Waals surface area contributed by atoms with Gasteiger partial charge in [0.15, 0.2) is 0 Å². The molecule has 0 unspecified atom stereocenters. The normalized spacial score (nSPS) is 12.4. The van der Waals surface area contributed by atoms with Crippen molar-refractivity contribution in [2.24, 2.45) is 5.73 Å². The first-order valence-corrected chi connectivity index (χ1v) is 6.04. The Hall–Kier alpha value is -1.81. The van der Waals surface area contributed by atoms with E-state index < -0.39 is 0 Å². The molecule has 2 heterocycles. The second-order valence-corrected chi connectivity index (χ2v) is 4.60. The zero-order valence-electron chi connectivity index (χ0n) is 11.1. The summed E-state index contributed by atoms with van der Waals surface area (Å²) >= 11 is 0. The molecule has 2 N–H and O–H groups in total. The summed E-state index contributed by atoms with van der Waals surface area (Å²) in [6, 6.07) is 7.93. The first-order valence-electron chi connectivity index (χ1n) is 6.04. The number of nitrogens with two attached hydrogens (primary N) is 1. The lowest BCUT2D eigenvalue weighted by Gasteiger charge is -2.18. The fourth-order valence-corrected chi connectivity index (χ4v) is 1.81. The third-order valence-electron chi connectivity index (χ3n) is 2.88. The minimum atomic E-state index is 0.0195. The van der Waals surface area contributed by atoms with Crippen LogP contribution in [0.5, 0.6) is 0 Å². The Balaban J connectivity index is 2.13. The molecular formula is C14H19N3O. The number of hydrogen-bond acceptors (Lipinski definition) is 4. The SMILES string of the molecule is Cc1ccc(CN(C)c2cc([C@@H](C)N)ccn2)o1. The lowest BCUT2D eigenvalue weighted by molar-refractivity contribution is 0.481. The second-order valence-electron chi connectivity index (χ2n) is 4.60. The van der Waals surface area contributed by atoms with Crippen LogP contribution in [0.1, 0.15) is 30.0 Å². The molecule has 0 amide bonds. The van der Waals surface area contributed by atoms with Crippen molar-refractivity contribution in [1.82, 2.24) is 4.98 Å². The highest BCUT2D eigenvalue weighted by molar-refractivity contribution is 5.41. The van der Waals surface area contributed by atoms with Crippen LogP contribution in [0.2, 0.25) is 0 Å². The van der Waals surface area contributed by atoms with E-state index in [0.717, 1.165) is 22.9 Å². The molecule has 0 bridgehead atoms. The van der Waals surface area contributed by atoms with Gasteiger partial charge in [0.05, 0.1) is 6.54 Å². The average Bonchev–Trinajstić information content (AvgIpc) is 2.75. The molecular weight excluding hydrogens is 226 g/mol. The number of aromatic nitrogens is 1. The smallest absolute Gasteiger partial charge is 0.128 e. The Morgan fingerprint density at radius 2 is 2.17 bits per heavy atom. The monoisotopic (exact) mass is 245 g/mol. The highest BCUT2D eigenvalue weighted by atomic mass is 16.3. The first kappa shape index (κ1) is 12.6. The Morgan fingerprint density at radius 3 is 2.78 bits per heavy atom. The fraction of sp³-hybridized carbons (Fsp3) is 0.357. The van der Waals surface area contributed by atoms with Crippen molar-refractivity contribution in [3.63, 3.8) is 0 Å². The number of furan rings is 1. The van der Waals surface area contributed by atoms with Gasteiger partial charge in [-0.3, -0.25) is 0 Å². The lowest BCUT2D eigenvalue weighted by Crippen LogP contribution is -2.18. The molecule has 2 aromatic rings. The van der Waals surface area contributed by atoms with Gasteiger partial charge in [0, 0.05) is 19.3 Å². The van der Waals surface area contributed by atoms with Crippen LogP contribution in [0, 0.1) is 6.92 Å². The van der Waals surface area contributed by atoms with Crippen LogP contribution in [-0.2, 0) is 6.54 Å². The van der Waals surface area contributed by atoms with Gasteiger partial charge in [-0.2, -0.15) is 0 Å².